The highest BCUT2D eigenvalue weighted by Gasteiger charge is 2.17. The third-order valence-electron chi connectivity index (χ3n) is 4.20. The number of carbonyl (C=O) groups is 2. The molecule has 2 aromatic carbocycles. The number of aromatic carboxylic acids is 1. The standard InChI is InChI=1S/C21H26N2O3/c1-22(2)14-15-23(13-7-10-17-8-4-3-5-9-17)20(24)18-11-6-12-19(16-18)21(25)26/h3-6,8-9,11-12,16H,7,10,13-15H2,1-2H3,(H,25,26). The van der Waals surface area contributed by atoms with E-state index in [0.717, 1.165) is 19.4 Å². The molecule has 0 heterocycles. The average molecular weight is 354 g/mol. The van der Waals surface area contributed by atoms with Gasteiger partial charge in [0.2, 0.25) is 0 Å². The minimum atomic E-state index is -1.02. The highest BCUT2D eigenvalue weighted by molar-refractivity contribution is 5.97. The first-order valence-electron chi connectivity index (χ1n) is 8.78. The van der Waals surface area contributed by atoms with Crippen LogP contribution in [-0.4, -0.2) is 60.5 Å². The fourth-order valence-corrected chi connectivity index (χ4v) is 2.72. The van der Waals surface area contributed by atoms with Crippen LogP contribution < -0.4 is 0 Å². The molecule has 1 N–H and O–H groups in total. The molecular formula is C21H26N2O3. The zero-order chi connectivity index (χ0) is 18.9. The molecule has 0 spiro atoms. The van der Waals surface area contributed by atoms with E-state index in [0.29, 0.717) is 18.7 Å². The summed E-state index contributed by atoms with van der Waals surface area (Å²) < 4.78 is 0. The van der Waals surface area contributed by atoms with Gasteiger partial charge in [-0.1, -0.05) is 36.4 Å². The lowest BCUT2D eigenvalue weighted by molar-refractivity contribution is 0.0697. The topological polar surface area (TPSA) is 60.9 Å². The quantitative estimate of drug-likeness (QED) is 0.752. The van der Waals surface area contributed by atoms with Crippen molar-refractivity contribution >= 4 is 11.9 Å². The Morgan fingerprint density at radius 2 is 1.58 bits per heavy atom. The van der Waals surface area contributed by atoms with Gasteiger partial charge in [0, 0.05) is 25.2 Å². The number of rotatable bonds is 9. The molecule has 0 bridgehead atoms. The summed E-state index contributed by atoms with van der Waals surface area (Å²) in [5, 5.41) is 9.14. The van der Waals surface area contributed by atoms with Gasteiger partial charge in [0.1, 0.15) is 0 Å². The highest BCUT2D eigenvalue weighted by Crippen LogP contribution is 2.11. The summed E-state index contributed by atoms with van der Waals surface area (Å²) in [6, 6.07) is 16.4. The number of nitrogens with zero attached hydrogens (tertiary/aromatic N) is 2. The first-order valence-corrected chi connectivity index (χ1v) is 8.78. The molecule has 26 heavy (non-hydrogen) atoms. The minimum Gasteiger partial charge on any atom is -0.478 e. The lowest BCUT2D eigenvalue weighted by Gasteiger charge is -2.24. The van der Waals surface area contributed by atoms with Crippen molar-refractivity contribution in [3.05, 3.63) is 71.3 Å². The van der Waals surface area contributed by atoms with Gasteiger partial charge in [0.25, 0.3) is 5.91 Å². The summed E-state index contributed by atoms with van der Waals surface area (Å²) >= 11 is 0. The molecule has 138 valence electrons. The van der Waals surface area contributed by atoms with E-state index in [1.54, 1.807) is 12.1 Å². The number of carboxylic acid groups (broad SMARTS) is 1. The van der Waals surface area contributed by atoms with E-state index >= 15 is 0 Å². The van der Waals surface area contributed by atoms with Crippen molar-refractivity contribution in [3.8, 4) is 0 Å². The van der Waals surface area contributed by atoms with Crippen LogP contribution in [0.4, 0.5) is 0 Å². The average Bonchev–Trinajstić information content (AvgIpc) is 2.64. The molecule has 0 radical (unpaired) electrons. The van der Waals surface area contributed by atoms with E-state index < -0.39 is 5.97 Å². The van der Waals surface area contributed by atoms with Crippen LogP contribution in [0.3, 0.4) is 0 Å². The van der Waals surface area contributed by atoms with Gasteiger partial charge in [-0.2, -0.15) is 0 Å². The molecular weight excluding hydrogens is 328 g/mol. The lowest BCUT2D eigenvalue weighted by Crippen LogP contribution is -2.37. The van der Waals surface area contributed by atoms with E-state index in [1.165, 1.54) is 17.7 Å². The second kappa shape index (κ2) is 9.73. The van der Waals surface area contributed by atoms with Crippen LogP contribution in [-0.2, 0) is 6.42 Å². The van der Waals surface area contributed by atoms with Gasteiger partial charge in [-0.3, -0.25) is 4.79 Å². The first-order chi connectivity index (χ1) is 12.5. The Bertz CT molecular complexity index is 729. The monoisotopic (exact) mass is 354 g/mol. The zero-order valence-electron chi connectivity index (χ0n) is 15.4. The van der Waals surface area contributed by atoms with E-state index in [2.05, 4.69) is 12.1 Å². The molecule has 0 aromatic heterocycles. The molecule has 5 heteroatoms. The van der Waals surface area contributed by atoms with Crippen molar-refractivity contribution in [2.75, 3.05) is 33.7 Å². The molecule has 0 fully saturated rings. The Kier molecular flexibility index (Phi) is 7.36. The predicted molar refractivity (Wildman–Crippen MR) is 103 cm³/mol. The Hall–Kier alpha value is -2.66. The summed E-state index contributed by atoms with van der Waals surface area (Å²) in [4.78, 5) is 27.9. The summed E-state index contributed by atoms with van der Waals surface area (Å²) in [6.07, 6.45) is 1.77. The largest absolute Gasteiger partial charge is 0.478 e. The van der Waals surface area contributed by atoms with E-state index in [4.69, 9.17) is 5.11 Å². The lowest BCUT2D eigenvalue weighted by atomic mass is 10.1. The molecule has 0 atom stereocenters. The Morgan fingerprint density at radius 3 is 2.23 bits per heavy atom. The van der Waals surface area contributed by atoms with E-state index in [1.807, 2.05) is 42.1 Å². The number of carbonyl (C=O) groups excluding carboxylic acids is 1. The van der Waals surface area contributed by atoms with Crippen LogP contribution in [0.1, 0.15) is 32.7 Å². The molecule has 5 nitrogen and oxygen atoms in total. The van der Waals surface area contributed by atoms with Crippen molar-refractivity contribution in [3.63, 3.8) is 0 Å². The summed E-state index contributed by atoms with van der Waals surface area (Å²) in [5.74, 6) is -1.15. The van der Waals surface area contributed by atoms with E-state index in [9.17, 15) is 9.59 Å². The molecule has 0 saturated heterocycles. The number of likely N-dealkylation sites (N-methyl/N-ethyl adjacent to an activating group) is 1. The van der Waals surface area contributed by atoms with Crippen molar-refractivity contribution in [2.45, 2.75) is 12.8 Å². The second-order valence-electron chi connectivity index (χ2n) is 6.57. The molecule has 0 aliphatic carbocycles. The first kappa shape index (κ1) is 19.7. The molecule has 0 aliphatic heterocycles. The van der Waals surface area contributed by atoms with Crippen LogP contribution >= 0.6 is 0 Å². The maximum atomic E-state index is 12.9. The van der Waals surface area contributed by atoms with Gasteiger partial charge in [0.05, 0.1) is 5.56 Å². The van der Waals surface area contributed by atoms with Crippen molar-refractivity contribution in [2.24, 2.45) is 0 Å². The molecule has 0 saturated carbocycles. The molecule has 2 rings (SSSR count). The number of amides is 1. The van der Waals surface area contributed by atoms with Crippen LogP contribution in [0.25, 0.3) is 0 Å². The van der Waals surface area contributed by atoms with Gasteiger partial charge >= 0.3 is 5.97 Å². The highest BCUT2D eigenvalue weighted by atomic mass is 16.4. The maximum absolute atomic E-state index is 12.9. The van der Waals surface area contributed by atoms with Crippen molar-refractivity contribution in [1.29, 1.82) is 0 Å². The summed E-state index contributed by atoms with van der Waals surface area (Å²) in [7, 11) is 3.94. The number of benzene rings is 2. The Morgan fingerprint density at radius 1 is 0.885 bits per heavy atom. The normalized spacial score (nSPS) is 10.7. The summed E-state index contributed by atoms with van der Waals surface area (Å²) in [6.45, 7) is 2.01. The third-order valence-corrected chi connectivity index (χ3v) is 4.20. The van der Waals surface area contributed by atoms with Gasteiger partial charge < -0.3 is 14.9 Å². The van der Waals surface area contributed by atoms with Gasteiger partial charge in [-0.05, 0) is 50.7 Å². The minimum absolute atomic E-state index is 0.122. The number of hydrogen-bond donors (Lipinski definition) is 1. The van der Waals surface area contributed by atoms with Crippen molar-refractivity contribution in [1.82, 2.24) is 9.80 Å². The zero-order valence-corrected chi connectivity index (χ0v) is 15.4. The summed E-state index contributed by atoms with van der Waals surface area (Å²) in [5.41, 5.74) is 1.80. The van der Waals surface area contributed by atoms with Crippen LogP contribution in [0.15, 0.2) is 54.6 Å². The Balaban J connectivity index is 2.06. The van der Waals surface area contributed by atoms with Crippen LogP contribution in [0.2, 0.25) is 0 Å². The Labute approximate surface area is 154 Å². The van der Waals surface area contributed by atoms with Crippen LogP contribution in [0, 0.1) is 0 Å². The number of hydrogen-bond acceptors (Lipinski definition) is 3. The smallest absolute Gasteiger partial charge is 0.335 e. The number of aryl methyl sites for hydroxylation is 1. The SMILES string of the molecule is CN(C)CCN(CCCc1ccccc1)C(=O)c1cccc(C(=O)O)c1. The molecule has 1 amide bonds. The van der Waals surface area contributed by atoms with E-state index in [-0.39, 0.29) is 11.5 Å². The fourth-order valence-electron chi connectivity index (χ4n) is 2.72. The second-order valence-corrected chi connectivity index (χ2v) is 6.57. The predicted octanol–water partition coefficient (Wildman–Crippen LogP) is 3.02. The van der Waals surface area contributed by atoms with Gasteiger partial charge in [0.15, 0.2) is 0 Å². The molecule has 0 unspecified atom stereocenters. The van der Waals surface area contributed by atoms with Gasteiger partial charge in [-0.15, -0.1) is 0 Å². The van der Waals surface area contributed by atoms with Crippen molar-refractivity contribution < 1.29 is 14.7 Å². The maximum Gasteiger partial charge on any atom is 0.335 e. The fraction of sp³-hybridized carbons (Fsp3) is 0.333. The molecule has 2 aromatic rings. The molecule has 0 aliphatic rings. The third kappa shape index (κ3) is 6.01. The number of carboxylic acids is 1. The van der Waals surface area contributed by atoms with Gasteiger partial charge in [-0.25, -0.2) is 4.79 Å². The van der Waals surface area contributed by atoms with Crippen LogP contribution in [0.5, 0.6) is 0 Å².